The summed E-state index contributed by atoms with van der Waals surface area (Å²) < 4.78 is 27.0. The van der Waals surface area contributed by atoms with Crippen LogP contribution in [0.4, 0.5) is 0 Å². The zero-order valence-electron chi connectivity index (χ0n) is 41.7. The Morgan fingerprint density at radius 3 is 1.24 bits per heavy atom. The van der Waals surface area contributed by atoms with Gasteiger partial charge in [-0.3, -0.25) is 18.6 Å². The molecule has 0 aromatic carbocycles. The highest BCUT2D eigenvalue weighted by atomic mass is 31.2. The van der Waals surface area contributed by atoms with E-state index in [0.29, 0.717) is 12.8 Å². The molecule has 0 heterocycles. The molecule has 0 saturated heterocycles. The molecule has 0 radical (unpaired) electrons. The van der Waals surface area contributed by atoms with Crippen LogP contribution in [-0.2, 0) is 32.7 Å². The fraction of sp³-hybridized carbons (Fsp3) is 0.759. The van der Waals surface area contributed by atoms with Crippen molar-refractivity contribution in [2.24, 2.45) is 0 Å². The summed E-state index contributed by atoms with van der Waals surface area (Å²) in [5.41, 5.74) is 0. The Morgan fingerprint density at radius 2 is 0.833 bits per heavy atom. The Morgan fingerprint density at radius 1 is 0.485 bits per heavy atom. The number of unbranched alkanes of at least 4 members (excludes halogenated alkanes) is 25. The van der Waals surface area contributed by atoms with E-state index in [1.165, 1.54) is 116 Å². The molecule has 0 spiro atoms. The van der Waals surface area contributed by atoms with Crippen molar-refractivity contribution in [2.45, 2.75) is 244 Å². The third kappa shape index (κ3) is 47.7. The number of aliphatic hydroxyl groups is 1. The number of hydrogen-bond donors (Lipinski definition) is 4. The number of carbonyl (C=O) groups is 3. The van der Waals surface area contributed by atoms with E-state index in [1.54, 1.807) is 0 Å². The maximum atomic E-state index is 12.4. The van der Waals surface area contributed by atoms with Gasteiger partial charge in [-0.25, -0.2) is 9.36 Å². The van der Waals surface area contributed by atoms with Crippen LogP contribution in [0, 0.1) is 0 Å². The number of nitrogens with one attached hydrogen (secondary N) is 1. The van der Waals surface area contributed by atoms with Crippen LogP contribution in [-0.4, -0.2) is 64.9 Å². The summed E-state index contributed by atoms with van der Waals surface area (Å²) in [4.78, 5) is 46.2. The van der Waals surface area contributed by atoms with Crippen molar-refractivity contribution in [3.8, 4) is 0 Å². The van der Waals surface area contributed by atoms with Crippen molar-refractivity contribution < 1.29 is 47.8 Å². The number of esters is 1. The van der Waals surface area contributed by atoms with Crippen molar-refractivity contribution in [1.82, 2.24) is 5.32 Å². The van der Waals surface area contributed by atoms with E-state index in [2.05, 4.69) is 79.9 Å². The molecule has 0 rings (SSSR count). The zero-order valence-corrected chi connectivity index (χ0v) is 42.6. The van der Waals surface area contributed by atoms with Crippen LogP contribution in [0.15, 0.2) is 60.8 Å². The van der Waals surface area contributed by atoms with Gasteiger partial charge in [0.1, 0.15) is 12.7 Å². The number of hydrogen-bond acceptors (Lipinski definition) is 8. The molecule has 0 saturated carbocycles. The van der Waals surface area contributed by atoms with Gasteiger partial charge < -0.3 is 25.2 Å². The second-order valence-electron chi connectivity index (χ2n) is 17.7. The van der Waals surface area contributed by atoms with Crippen LogP contribution in [0.2, 0.25) is 0 Å². The number of aliphatic hydroxyl groups excluding tert-OH is 1. The molecule has 1 amide bonds. The number of carbonyl (C=O) groups excluding carboxylic acids is 2. The van der Waals surface area contributed by atoms with Crippen LogP contribution in [0.1, 0.15) is 232 Å². The van der Waals surface area contributed by atoms with E-state index in [0.717, 1.165) is 77.0 Å². The maximum absolute atomic E-state index is 12.4. The van der Waals surface area contributed by atoms with Gasteiger partial charge in [0.2, 0.25) is 5.91 Å². The lowest BCUT2D eigenvalue weighted by Crippen LogP contribution is -2.43. The molecule has 382 valence electrons. The topological polar surface area (TPSA) is 169 Å². The monoisotopic (exact) mass is 950 g/mol. The van der Waals surface area contributed by atoms with Gasteiger partial charge in [0.25, 0.3) is 0 Å². The van der Waals surface area contributed by atoms with Crippen LogP contribution in [0.25, 0.3) is 0 Å². The fourth-order valence-corrected chi connectivity index (χ4v) is 7.95. The van der Waals surface area contributed by atoms with Crippen LogP contribution in [0.5, 0.6) is 0 Å². The van der Waals surface area contributed by atoms with Crippen molar-refractivity contribution in [1.29, 1.82) is 0 Å². The molecule has 3 unspecified atom stereocenters. The third-order valence-electron chi connectivity index (χ3n) is 11.3. The predicted molar refractivity (Wildman–Crippen MR) is 272 cm³/mol. The Bertz CT molecular complexity index is 1350. The SMILES string of the molecule is CCCCC/C=C\C/C=C\C/C=C\CCCCCCCCCCCCC(=O)NC(COP(=O)(O)OCC(O)COC(=O)CCCCCCCCCCC/C=C\C/C=C\CCCCC)C(=O)O. The first-order valence-corrected chi connectivity index (χ1v) is 27.8. The highest BCUT2D eigenvalue weighted by Gasteiger charge is 2.28. The average Bonchev–Trinajstić information content (AvgIpc) is 3.29. The molecule has 4 N–H and O–H groups in total. The molecule has 0 aromatic rings. The number of aliphatic carboxylic acids is 1. The van der Waals surface area contributed by atoms with E-state index in [1.807, 2.05) is 0 Å². The molecule has 66 heavy (non-hydrogen) atoms. The number of allylic oxidation sites excluding steroid dienone is 10. The number of carboxylic acids is 1. The summed E-state index contributed by atoms with van der Waals surface area (Å²) >= 11 is 0. The number of amides is 1. The lowest BCUT2D eigenvalue weighted by Gasteiger charge is -2.18. The van der Waals surface area contributed by atoms with Crippen molar-refractivity contribution in [3.63, 3.8) is 0 Å². The van der Waals surface area contributed by atoms with Gasteiger partial charge >= 0.3 is 19.8 Å². The number of phosphoric ester groups is 1. The Labute approximate surface area is 402 Å². The van der Waals surface area contributed by atoms with Crippen LogP contribution >= 0.6 is 7.82 Å². The van der Waals surface area contributed by atoms with Crippen molar-refractivity contribution in [3.05, 3.63) is 60.8 Å². The maximum Gasteiger partial charge on any atom is 0.472 e. The van der Waals surface area contributed by atoms with E-state index >= 15 is 0 Å². The lowest BCUT2D eigenvalue weighted by atomic mass is 10.0. The highest BCUT2D eigenvalue weighted by Crippen LogP contribution is 2.43. The normalized spacial score (nSPS) is 14.0. The van der Waals surface area contributed by atoms with Crippen LogP contribution in [0.3, 0.4) is 0 Å². The summed E-state index contributed by atoms with van der Waals surface area (Å²) in [5, 5.41) is 21.9. The standard InChI is InChI=1S/C54H96NO10P/c1-3-5-7-9-11-13-15-17-19-21-23-24-25-26-28-29-31-33-35-37-39-41-43-45-52(57)55-51(54(59)60)49-65-66(61,62)64-48-50(56)47-63-53(58)46-44-42-40-38-36-34-32-30-27-22-20-18-16-14-12-10-8-6-4-2/h11-14,17-20,23-24,50-51,56H,3-10,15-16,21-22,25-49H2,1-2H3,(H,55,57)(H,59,60)(H,61,62)/b13-11-,14-12-,19-17-,20-18-,24-23-. The Balaban J connectivity index is 3.84. The molecule has 11 nitrogen and oxygen atoms in total. The van der Waals surface area contributed by atoms with Gasteiger partial charge in [0.15, 0.2) is 6.04 Å². The van der Waals surface area contributed by atoms with Gasteiger partial charge in [-0.2, -0.15) is 0 Å². The van der Waals surface area contributed by atoms with Gasteiger partial charge in [0.05, 0.1) is 13.2 Å². The van der Waals surface area contributed by atoms with Gasteiger partial charge in [0, 0.05) is 12.8 Å². The van der Waals surface area contributed by atoms with Gasteiger partial charge in [-0.05, 0) is 83.5 Å². The largest absolute Gasteiger partial charge is 0.480 e. The fourth-order valence-electron chi connectivity index (χ4n) is 7.18. The molecule has 0 aliphatic heterocycles. The third-order valence-corrected chi connectivity index (χ3v) is 12.2. The first-order chi connectivity index (χ1) is 32.1. The van der Waals surface area contributed by atoms with E-state index in [4.69, 9.17) is 13.8 Å². The summed E-state index contributed by atoms with van der Waals surface area (Å²) in [7, 11) is -4.77. The highest BCUT2D eigenvalue weighted by molar-refractivity contribution is 7.47. The van der Waals surface area contributed by atoms with E-state index in [9.17, 15) is 34.1 Å². The summed E-state index contributed by atoms with van der Waals surface area (Å²) in [6.45, 7) is 2.56. The minimum Gasteiger partial charge on any atom is -0.480 e. The lowest BCUT2D eigenvalue weighted by molar-refractivity contribution is -0.147. The molecule has 12 heteroatoms. The molecule has 0 fully saturated rings. The number of carboxylic acid groups (broad SMARTS) is 1. The average molecular weight is 950 g/mol. The number of rotatable bonds is 49. The second-order valence-corrected chi connectivity index (χ2v) is 19.2. The molecule has 3 atom stereocenters. The molecule has 0 bridgehead atoms. The first-order valence-electron chi connectivity index (χ1n) is 26.3. The predicted octanol–water partition coefficient (Wildman–Crippen LogP) is 14.7. The first kappa shape index (κ1) is 63.2. The van der Waals surface area contributed by atoms with E-state index < -0.39 is 57.6 Å². The quantitative estimate of drug-likeness (QED) is 0.0199. The molecule has 0 aliphatic carbocycles. The summed E-state index contributed by atoms with van der Waals surface area (Å²) in [6.07, 6.45) is 58.0. The smallest absolute Gasteiger partial charge is 0.472 e. The van der Waals surface area contributed by atoms with Gasteiger partial charge in [-0.15, -0.1) is 0 Å². The summed E-state index contributed by atoms with van der Waals surface area (Å²) in [6, 6.07) is -1.55. The minimum absolute atomic E-state index is 0.139. The zero-order chi connectivity index (χ0) is 48.4. The van der Waals surface area contributed by atoms with Gasteiger partial charge in [-0.1, -0.05) is 197 Å². The number of phosphoric acid groups is 1. The van der Waals surface area contributed by atoms with Crippen LogP contribution < -0.4 is 5.32 Å². The van der Waals surface area contributed by atoms with E-state index in [-0.39, 0.29) is 12.8 Å². The molecule has 0 aliphatic rings. The second kappa shape index (κ2) is 48.6. The molecular weight excluding hydrogens is 854 g/mol. The Hall–Kier alpha value is -2.82. The number of ether oxygens (including phenoxy) is 1. The van der Waals surface area contributed by atoms with Crippen molar-refractivity contribution >= 4 is 25.7 Å². The molecule has 0 aromatic heterocycles. The Kier molecular flexibility index (Phi) is 46.6. The van der Waals surface area contributed by atoms with Crippen molar-refractivity contribution in [2.75, 3.05) is 19.8 Å². The molecular formula is C54H96NO10P. The summed E-state index contributed by atoms with van der Waals surface area (Å²) in [5.74, 6) is -2.38. The minimum atomic E-state index is -4.77.